The van der Waals surface area contributed by atoms with E-state index in [1.165, 1.54) is 12.1 Å². The molecule has 7 nitrogen and oxygen atoms in total. The van der Waals surface area contributed by atoms with E-state index in [0.29, 0.717) is 17.9 Å². The molecule has 3 amide bonds. The minimum absolute atomic E-state index is 0.254. The second-order valence-corrected chi connectivity index (χ2v) is 5.54. The number of hydrogen-bond acceptors (Lipinski definition) is 5. The van der Waals surface area contributed by atoms with Crippen molar-refractivity contribution in [2.24, 2.45) is 11.1 Å². The van der Waals surface area contributed by atoms with Crippen molar-refractivity contribution in [3.63, 3.8) is 0 Å². The van der Waals surface area contributed by atoms with Gasteiger partial charge < -0.3 is 15.8 Å². The Bertz CT molecular complexity index is 658. The van der Waals surface area contributed by atoms with E-state index in [9.17, 15) is 14.4 Å². The van der Waals surface area contributed by atoms with E-state index in [4.69, 9.17) is 10.5 Å². The zero-order valence-corrected chi connectivity index (χ0v) is 11.4. The Balaban J connectivity index is 1.83. The predicted octanol–water partition coefficient (Wildman–Crippen LogP) is -0.127. The molecule has 0 spiro atoms. The number of imide groups is 1. The summed E-state index contributed by atoms with van der Waals surface area (Å²) in [6, 6.07) is 4.20. The third-order valence-electron chi connectivity index (χ3n) is 4.03. The standard InChI is InChI=1S/C14H15N3O4/c1-14(6-21-5-10(14)15)13(20)16-7-2-3-8-9(4-7)12(19)17-11(8)18/h2-4,10H,5-6,15H2,1H3,(H,16,20)(H,17,18,19). The Labute approximate surface area is 120 Å². The van der Waals surface area contributed by atoms with Crippen LogP contribution in [0.1, 0.15) is 27.6 Å². The summed E-state index contributed by atoms with van der Waals surface area (Å²) in [4.78, 5) is 35.4. The van der Waals surface area contributed by atoms with Crippen LogP contribution in [0.25, 0.3) is 0 Å². The van der Waals surface area contributed by atoms with E-state index in [2.05, 4.69) is 10.6 Å². The van der Waals surface area contributed by atoms with E-state index in [1.807, 2.05) is 0 Å². The Morgan fingerprint density at radius 3 is 2.76 bits per heavy atom. The summed E-state index contributed by atoms with van der Waals surface area (Å²) in [7, 11) is 0. The van der Waals surface area contributed by atoms with E-state index in [-0.39, 0.29) is 24.1 Å². The smallest absolute Gasteiger partial charge is 0.259 e. The lowest BCUT2D eigenvalue weighted by Gasteiger charge is -2.25. The molecule has 1 saturated heterocycles. The third-order valence-corrected chi connectivity index (χ3v) is 4.03. The fourth-order valence-electron chi connectivity index (χ4n) is 2.44. The average Bonchev–Trinajstić information content (AvgIpc) is 2.92. The van der Waals surface area contributed by atoms with Crippen LogP contribution in [0.15, 0.2) is 18.2 Å². The zero-order chi connectivity index (χ0) is 15.2. The molecule has 7 heteroatoms. The first-order chi connectivity index (χ1) is 9.91. The van der Waals surface area contributed by atoms with Gasteiger partial charge in [0, 0.05) is 11.7 Å². The highest BCUT2D eigenvalue weighted by molar-refractivity contribution is 6.22. The number of carbonyl (C=O) groups is 3. The Kier molecular flexibility index (Phi) is 3.03. The highest BCUT2D eigenvalue weighted by Gasteiger charge is 2.44. The van der Waals surface area contributed by atoms with Crippen molar-refractivity contribution in [3.05, 3.63) is 29.3 Å². The number of hydrogen-bond donors (Lipinski definition) is 3. The van der Waals surface area contributed by atoms with Crippen LogP contribution in [0.2, 0.25) is 0 Å². The topological polar surface area (TPSA) is 111 Å². The summed E-state index contributed by atoms with van der Waals surface area (Å²) in [5.74, 6) is -1.15. The van der Waals surface area contributed by atoms with Crippen LogP contribution in [0.5, 0.6) is 0 Å². The zero-order valence-electron chi connectivity index (χ0n) is 11.4. The minimum Gasteiger partial charge on any atom is -0.379 e. The van der Waals surface area contributed by atoms with Gasteiger partial charge in [-0.25, -0.2) is 0 Å². The average molecular weight is 289 g/mol. The van der Waals surface area contributed by atoms with Crippen molar-refractivity contribution in [2.45, 2.75) is 13.0 Å². The van der Waals surface area contributed by atoms with Gasteiger partial charge in [-0.3, -0.25) is 19.7 Å². The van der Waals surface area contributed by atoms with Crippen LogP contribution in [-0.4, -0.2) is 37.0 Å². The molecular weight excluding hydrogens is 274 g/mol. The fraction of sp³-hybridized carbons (Fsp3) is 0.357. The van der Waals surface area contributed by atoms with Crippen molar-refractivity contribution in [1.82, 2.24) is 5.32 Å². The van der Waals surface area contributed by atoms with Crippen LogP contribution >= 0.6 is 0 Å². The lowest BCUT2D eigenvalue weighted by Crippen LogP contribution is -2.47. The molecule has 0 saturated carbocycles. The van der Waals surface area contributed by atoms with Crippen LogP contribution in [-0.2, 0) is 9.53 Å². The summed E-state index contributed by atoms with van der Waals surface area (Å²) < 4.78 is 5.24. The number of fused-ring (bicyclic) bond motifs is 1. The summed E-state index contributed by atoms with van der Waals surface area (Å²) >= 11 is 0. The summed E-state index contributed by atoms with van der Waals surface area (Å²) in [6.45, 7) is 2.33. The monoisotopic (exact) mass is 289 g/mol. The first kappa shape index (κ1) is 13.7. The maximum absolute atomic E-state index is 12.4. The van der Waals surface area contributed by atoms with Crippen molar-refractivity contribution in [3.8, 4) is 0 Å². The first-order valence-electron chi connectivity index (χ1n) is 6.56. The molecule has 2 heterocycles. The van der Waals surface area contributed by atoms with Gasteiger partial charge in [0.05, 0.1) is 29.8 Å². The quantitative estimate of drug-likeness (QED) is 0.657. The van der Waals surface area contributed by atoms with Crippen molar-refractivity contribution in [2.75, 3.05) is 18.5 Å². The lowest BCUT2D eigenvalue weighted by molar-refractivity contribution is -0.125. The second-order valence-electron chi connectivity index (χ2n) is 5.54. The van der Waals surface area contributed by atoms with Crippen LogP contribution in [0.3, 0.4) is 0 Å². The molecule has 3 rings (SSSR count). The highest BCUT2D eigenvalue weighted by Crippen LogP contribution is 2.29. The molecule has 0 bridgehead atoms. The lowest BCUT2D eigenvalue weighted by atomic mass is 9.85. The van der Waals surface area contributed by atoms with Crippen LogP contribution in [0.4, 0.5) is 5.69 Å². The Morgan fingerprint density at radius 2 is 2.10 bits per heavy atom. The highest BCUT2D eigenvalue weighted by atomic mass is 16.5. The summed E-state index contributed by atoms with van der Waals surface area (Å²) in [6.07, 6.45) is 0. The van der Waals surface area contributed by atoms with Gasteiger partial charge in [0.2, 0.25) is 5.91 Å². The maximum Gasteiger partial charge on any atom is 0.259 e. The van der Waals surface area contributed by atoms with Gasteiger partial charge in [0.25, 0.3) is 11.8 Å². The SMILES string of the molecule is CC1(C(=O)Nc2ccc3c(c2)C(=O)NC3=O)COCC1N. The fourth-order valence-corrected chi connectivity index (χ4v) is 2.44. The number of benzene rings is 1. The molecule has 2 unspecified atom stereocenters. The molecule has 0 radical (unpaired) electrons. The van der Waals surface area contributed by atoms with Crippen molar-refractivity contribution < 1.29 is 19.1 Å². The number of ether oxygens (including phenoxy) is 1. The molecular formula is C14H15N3O4. The van der Waals surface area contributed by atoms with E-state index >= 15 is 0 Å². The molecule has 2 aliphatic heterocycles. The number of amides is 3. The van der Waals surface area contributed by atoms with Gasteiger partial charge in [-0.05, 0) is 25.1 Å². The molecule has 1 aromatic rings. The molecule has 4 N–H and O–H groups in total. The van der Waals surface area contributed by atoms with E-state index < -0.39 is 17.2 Å². The normalized spacial score (nSPS) is 27.4. The maximum atomic E-state index is 12.4. The third kappa shape index (κ3) is 2.10. The molecule has 0 aliphatic carbocycles. The van der Waals surface area contributed by atoms with Crippen molar-refractivity contribution >= 4 is 23.4 Å². The van der Waals surface area contributed by atoms with Gasteiger partial charge in [-0.15, -0.1) is 0 Å². The molecule has 1 aromatic carbocycles. The van der Waals surface area contributed by atoms with Gasteiger partial charge in [-0.1, -0.05) is 0 Å². The van der Waals surface area contributed by atoms with Gasteiger partial charge >= 0.3 is 0 Å². The Morgan fingerprint density at radius 1 is 1.38 bits per heavy atom. The van der Waals surface area contributed by atoms with Gasteiger partial charge in [0.1, 0.15) is 0 Å². The number of nitrogens with one attached hydrogen (secondary N) is 2. The summed E-state index contributed by atoms with van der Waals surface area (Å²) in [5.41, 5.74) is 6.11. The van der Waals surface area contributed by atoms with E-state index in [1.54, 1.807) is 13.0 Å². The number of rotatable bonds is 2. The van der Waals surface area contributed by atoms with Crippen molar-refractivity contribution in [1.29, 1.82) is 0 Å². The second kappa shape index (κ2) is 4.64. The number of anilines is 1. The molecule has 21 heavy (non-hydrogen) atoms. The van der Waals surface area contributed by atoms with E-state index in [0.717, 1.165) is 0 Å². The summed E-state index contributed by atoms with van der Waals surface area (Å²) in [5, 5.41) is 4.93. The largest absolute Gasteiger partial charge is 0.379 e. The van der Waals surface area contributed by atoms with Gasteiger partial charge in [-0.2, -0.15) is 0 Å². The molecule has 1 fully saturated rings. The van der Waals surface area contributed by atoms with Gasteiger partial charge in [0.15, 0.2) is 0 Å². The molecule has 2 aliphatic rings. The number of carbonyl (C=O) groups excluding carboxylic acids is 3. The molecule has 110 valence electrons. The number of nitrogens with two attached hydrogens (primary N) is 1. The Hall–Kier alpha value is -2.25. The van der Waals surface area contributed by atoms with Crippen LogP contribution in [0, 0.1) is 5.41 Å². The molecule has 0 aromatic heterocycles. The van der Waals surface area contributed by atoms with Crippen LogP contribution < -0.4 is 16.4 Å². The first-order valence-corrected chi connectivity index (χ1v) is 6.56. The molecule has 2 atom stereocenters. The predicted molar refractivity (Wildman–Crippen MR) is 73.8 cm³/mol. The minimum atomic E-state index is -0.808.